The van der Waals surface area contributed by atoms with Crippen molar-refractivity contribution in [2.45, 2.75) is 19.6 Å². The third-order valence-electron chi connectivity index (χ3n) is 4.54. The van der Waals surface area contributed by atoms with Crippen molar-refractivity contribution < 1.29 is 13.9 Å². The topological polar surface area (TPSA) is 68.5 Å². The first kappa shape index (κ1) is 18.7. The number of oxazole rings is 1. The van der Waals surface area contributed by atoms with Gasteiger partial charge in [-0.25, -0.2) is 9.97 Å². The summed E-state index contributed by atoms with van der Waals surface area (Å²) in [5.41, 5.74) is 3.21. The van der Waals surface area contributed by atoms with Crippen LogP contribution in [0.3, 0.4) is 0 Å². The lowest BCUT2D eigenvalue weighted by atomic mass is 10.1. The minimum absolute atomic E-state index is 0.0156. The van der Waals surface area contributed by atoms with E-state index in [2.05, 4.69) is 9.97 Å². The Morgan fingerprint density at radius 2 is 1.79 bits per heavy atom. The van der Waals surface area contributed by atoms with E-state index in [4.69, 9.17) is 9.15 Å². The van der Waals surface area contributed by atoms with E-state index in [0.29, 0.717) is 36.7 Å². The molecule has 0 N–H and O–H groups in total. The minimum Gasteiger partial charge on any atom is -0.489 e. The lowest BCUT2D eigenvalue weighted by Crippen LogP contribution is -2.27. The zero-order valence-electron chi connectivity index (χ0n) is 16.1. The van der Waals surface area contributed by atoms with E-state index >= 15 is 0 Å². The van der Waals surface area contributed by atoms with Crippen LogP contribution in [0.4, 0.5) is 0 Å². The lowest BCUT2D eigenvalue weighted by Gasteiger charge is -2.15. The molecule has 0 radical (unpaired) electrons. The quantitative estimate of drug-likeness (QED) is 0.479. The molecule has 2 aromatic carbocycles. The fraction of sp³-hybridized carbons (Fsp3) is 0.174. The Bertz CT molecular complexity index is 1060. The Morgan fingerprint density at radius 1 is 1.00 bits per heavy atom. The molecule has 0 atom stereocenters. The van der Waals surface area contributed by atoms with Crippen LogP contribution < -0.4 is 4.74 Å². The molecule has 6 nitrogen and oxygen atoms in total. The summed E-state index contributed by atoms with van der Waals surface area (Å²) in [4.78, 5) is 22.6. The summed E-state index contributed by atoms with van der Waals surface area (Å²) in [6, 6.07) is 21.2. The Labute approximate surface area is 168 Å². The fourth-order valence-electron chi connectivity index (χ4n) is 2.93. The number of hydrogen-bond donors (Lipinski definition) is 0. The van der Waals surface area contributed by atoms with Crippen LogP contribution in [0.1, 0.15) is 17.0 Å². The number of nitrogens with zero attached hydrogens (tertiary/aromatic N) is 3. The summed E-state index contributed by atoms with van der Waals surface area (Å²) in [6.07, 6.45) is 1.95. The molecule has 0 fully saturated rings. The molecule has 146 valence electrons. The molecule has 0 bridgehead atoms. The first-order chi connectivity index (χ1) is 14.2. The number of likely N-dealkylation sites (N-methyl/N-ethyl adjacent to an activating group) is 1. The number of pyridine rings is 1. The second-order valence-electron chi connectivity index (χ2n) is 6.78. The van der Waals surface area contributed by atoms with Gasteiger partial charge in [0.25, 0.3) is 0 Å². The summed E-state index contributed by atoms with van der Waals surface area (Å²) >= 11 is 0. The van der Waals surface area contributed by atoms with E-state index in [1.54, 1.807) is 24.2 Å². The smallest absolute Gasteiger partial charge is 0.247 e. The summed E-state index contributed by atoms with van der Waals surface area (Å²) in [7, 11) is 1.74. The highest BCUT2D eigenvalue weighted by molar-refractivity contribution is 5.78. The van der Waals surface area contributed by atoms with Crippen LogP contribution >= 0.6 is 0 Å². The van der Waals surface area contributed by atoms with E-state index < -0.39 is 0 Å². The van der Waals surface area contributed by atoms with E-state index in [-0.39, 0.29) is 5.91 Å². The van der Waals surface area contributed by atoms with Gasteiger partial charge in [-0.3, -0.25) is 4.79 Å². The van der Waals surface area contributed by atoms with Gasteiger partial charge in [0.1, 0.15) is 17.9 Å². The molecule has 0 saturated carbocycles. The molecule has 4 aromatic rings. The molecule has 4 rings (SSSR count). The predicted molar refractivity (Wildman–Crippen MR) is 109 cm³/mol. The van der Waals surface area contributed by atoms with Gasteiger partial charge in [0.2, 0.25) is 17.5 Å². The average Bonchev–Trinajstić information content (AvgIpc) is 3.16. The van der Waals surface area contributed by atoms with E-state index in [9.17, 15) is 4.79 Å². The highest BCUT2D eigenvalue weighted by Gasteiger charge is 2.14. The van der Waals surface area contributed by atoms with Gasteiger partial charge in [0, 0.05) is 13.2 Å². The normalized spacial score (nSPS) is 10.8. The third kappa shape index (κ3) is 4.79. The number of ether oxygens (including phenoxy) is 1. The number of carbonyl (C=O) groups excluding carboxylic acids is 1. The Balaban J connectivity index is 1.31. The monoisotopic (exact) mass is 387 g/mol. The maximum Gasteiger partial charge on any atom is 0.247 e. The number of fused-ring (bicyclic) bond motifs is 1. The van der Waals surface area contributed by atoms with Gasteiger partial charge in [-0.15, -0.1) is 0 Å². The maximum atomic E-state index is 12.5. The van der Waals surface area contributed by atoms with Gasteiger partial charge >= 0.3 is 0 Å². The summed E-state index contributed by atoms with van der Waals surface area (Å²) in [5, 5.41) is 0. The van der Waals surface area contributed by atoms with Gasteiger partial charge in [0.15, 0.2) is 0 Å². The number of amides is 1. The first-order valence-corrected chi connectivity index (χ1v) is 9.37. The number of benzene rings is 2. The maximum absolute atomic E-state index is 12.5. The van der Waals surface area contributed by atoms with Crippen LogP contribution in [0.25, 0.3) is 11.2 Å². The predicted octanol–water partition coefficient (Wildman–Crippen LogP) is 4.00. The van der Waals surface area contributed by atoms with Gasteiger partial charge in [-0.2, -0.15) is 0 Å². The number of aromatic nitrogens is 2. The standard InChI is InChI=1S/C23H21N3O3/c1-26(15-21-25-20-8-5-13-24-23(20)29-21)22(27)14-17-9-11-19(12-10-17)28-16-18-6-3-2-4-7-18/h2-13H,14-16H2,1H3. The molecule has 0 aliphatic carbocycles. The molecular formula is C23H21N3O3. The lowest BCUT2D eigenvalue weighted by molar-refractivity contribution is -0.129. The van der Waals surface area contributed by atoms with Gasteiger partial charge < -0.3 is 14.1 Å². The highest BCUT2D eigenvalue weighted by atomic mass is 16.5. The van der Waals surface area contributed by atoms with Crippen molar-refractivity contribution in [2.24, 2.45) is 0 Å². The largest absolute Gasteiger partial charge is 0.489 e. The molecule has 0 saturated heterocycles. The van der Waals surface area contributed by atoms with Crippen molar-refractivity contribution >= 4 is 17.1 Å². The minimum atomic E-state index is -0.0156. The highest BCUT2D eigenvalue weighted by Crippen LogP contribution is 2.16. The Hall–Kier alpha value is -3.67. The van der Waals surface area contributed by atoms with Crippen LogP contribution in [-0.4, -0.2) is 27.8 Å². The first-order valence-electron chi connectivity index (χ1n) is 9.37. The molecule has 2 aromatic heterocycles. The summed E-state index contributed by atoms with van der Waals surface area (Å²) < 4.78 is 11.4. The molecule has 0 spiro atoms. The molecule has 29 heavy (non-hydrogen) atoms. The van der Waals surface area contributed by atoms with Crippen molar-refractivity contribution in [3.8, 4) is 5.75 Å². The van der Waals surface area contributed by atoms with Crippen LogP contribution in [-0.2, 0) is 24.4 Å². The summed E-state index contributed by atoms with van der Waals surface area (Å²) in [5.74, 6) is 1.23. The molecule has 1 amide bonds. The van der Waals surface area contributed by atoms with Gasteiger partial charge in [-0.05, 0) is 35.4 Å². The van der Waals surface area contributed by atoms with Crippen molar-refractivity contribution in [1.29, 1.82) is 0 Å². The van der Waals surface area contributed by atoms with Gasteiger partial charge in [-0.1, -0.05) is 42.5 Å². The zero-order valence-corrected chi connectivity index (χ0v) is 16.1. The van der Waals surface area contributed by atoms with Crippen LogP contribution in [0.15, 0.2) is 77.3 Å². The van der Waals surface area contributed by atoms with E-state index in [1.807, 2.05) is 60.7 Å². The third-order valence-corrected chi connectivity index (χ3v) is 4.54. The van der Waals surface area contributed by atoms with E-state index in [0.717, 1.165) is 16.9 Å². The molecule has 6 heteroatoms. The number of hydrogen-bond acceptors (Lipinski definition) is 5. The average molecular weight is 387 g/mol. The Kier molecular flexibility index (Phi) is 5.52. The van der Waals surface area contributed by atoms with Crippen molar-refractivity contribution in [1.82, 2.24) is 14.9 Å². The van der Waals surface area contributed by atoms with E-state index in [1.165, 1.54) is 0 Å². The second kappa shape index (κ2) is 8.56. The van der Waals surface area contributed by atoms with Crippen LogP contribution in [0.5, 0.6) is 5.75 Å². The summed E-state index contributed by atoms with van der Waals surface area (Å²) in [6.45, 7) is 0.814. The second-order valence-corrected chi connectivity index (χ2v) is 6.78. The van der Waals surface area contributed by atoms with Crippen LogP contribution in [0.2, 0.25) is 0 Å². The van der Waals surface area contributed by atoms with Crippen LogP contribution in [0, 0.1) is 0 Å². The molecule has 2 heterocycles. The molecular weight excluding hydrogens is 366 g/mol. The Morgan fingerprint density at radius 3 is 2.55 bits per heavy atom. The molecule has 0 aliphatic rings. The number of rotatable bonds is 7. The van der Waals surface area contributed by atoms with Gasteiger partial charge in [0.05, 0.1) is 13.0 Å². The fourth-order valence-corrected chi connectivity index (χ4v) is 2.93. The van der Waals surface area contributed by atoms with Crippen molar-refractivity contribution in [2.75, 3.05) is 7.05 Å². The zero-order chi connectivity index (χ0) is 20.1. The molecule has 0 unspecified atom stereocenters. The van der Waals surface area contributed by atoms with Crippen molar-refractivity contribution in [3.63, 3.8) is 0 Å². The number of carbonyl (C=O) groups is 1. The molecule has 0 aliphatic heterocycles. The SMILES string of the molecule is CN(Cc1nc2cccnc2o1)C(=O)Cc1ccc(OCc2ccccc2)cc1. The van der Waals surface area contributed by atoms with Crippen molar-refractivity contribution in [3.05, 3.63) is 89.9 Å².